The molecule has 2 fully saturated rings. The van der Waals surface area contributed by atoms with Crippen LogP contribution in [0.1, 0.15) is 64.5 Å². The van der Waals surface area contributed by atoms with Crippen LogP contribution in [0.15, 0.2) is 24.3 Å². The van der Waals surface area contributed by atoms with Gasteiger partial charge in [-0.1, -0.05) is 32.9 Å². The molecule has 1 aromatic carbocycles. The Balaban J connectivity index is 1.87. The Labute approximate surface area is 158 Å². The van der Waals surface area contributed by atoms with Gasteiger partial charge in [0.05, 0.1) is 6.04 Å². The van der Waals surface area contributed by atoms with E-state index in [1.165, 1.54) is 12.1 Å². The molecule has 0 aliphatic carbocycles. The molecule has 0 radical (unpaired) electrons. The Hall–Kier alpha value is -1.20. The van der Waals surface area contributed by atoms with Crippen LogP contribution in [0.25, 0.3) is 0 Å². The van der Waals surface area contributed by atoms with E-state index in [-0.39, 0.29) is 35.0 Å². The zero-order valence-corrected chi connectivity index (χ0v) is 17.7. The van der Waals surface area contributed by atoms with Crippen LogP contribution in [-0.4, -0.2) is 31.3 Å². The van der Waals surface area contributed by atoms with E-state index in [9.17, 15) is 9.18 Å². The number of amides is 1. The highest BCUT2D eigenvalue weighted by molar-refractivity contribution is 6.74. The van der Waals surface area contributed by atoms with Crippen molar-refractivity contribution in [3.63, 3.8) is 0 Å². The van der Waals surface area contributed by atoms with Gasteiger partial charge in [-0.3, -0.25) is 4.79 Å². The Morgan fingerprint density at radius 2 is 1.81 bits per heavy atom. The summed E-state index contributed by atoms with van der Waals surface area (Å²) in [5, 5.41) is 0.165. The maximum Gasteiger partial charge on any atom is 0.223 e. The smallest absolute Gasteiger partial charge is 0.223 e. The van der Waals surface area contributed by atoms with Crippen LogP contribution in [0.4, 0.5) is 4.39 Å². The van der Waals surface area contributed by atoms with E-state index < -0.39 is 8.32 Å². The van der Waals surface area contributed by atoms with Crippen molar-refractivity contribution in [2.75, 3.05) is 0 Å². The molecule has 2 saturated heterocycles. The summed E-state index contributed by atoms with van der Waals surface area (Å²) in [6.45, 7) is 11.4. The predicted molar refractivity (Wildman–Crippen MR) is 105 cm³/mol. The molecule has 0 bridgehead atoms. The van der Waals surface area contributed by atoms with Gasteiger partial charge in [-0.05, 0) is 61.5 Å². The molecule has 0 unspecified atom stereocenters. The molecule has 2 aliphatic rings. The van der Waals surface area contributed by atoms with Gasteiger partial charge < -0.3 is 9.33 Å². The van der Waals surface area contributed by atoms with E-state index in [0.29, 0.717) is 6.42 Å². The van der Waals surface area contributed by atoms with Gasteiger partial charge in [0, 0.05) is 18.6 Å². The predicted octanol–water partition coefficient (Wildman–Crippen LogP) is 5.43. The largest absolute Gasteiger partial charge is 0.414 e. The molecule has 26 heavy (non-hydrogen) atoms. The summed E-state index contributed by atoms with van der Waals surface area (Å²) in [5.74, 6) is 0.00139. The monoisotopic (exact) mass is 377 g/mol. The number of carbonyl (C=O) groups excluding carboxylic acids is 1. The summed E-state index contributed by atoms with van der Waals surface area (Å²) in [5.41, 5.74) is 1.02. The summed E-state index contributed by atoms with van der Waals surface area (Å²) in [6, 6.07) is 6.89. The van der Waals surface area contributed by atoms with Gasteiger partial charge in [-0.25, -0.2) is 4.39 Å². The number of rotatable bonds is 3. The molecular weight excluding hydrogens is 345 g/mol. The number of piperidine rings is 2. The molecule has 3 rings (SSSR count). The van der Waals surface area contributed by atoms with Crippen molar-refractivity contribution in [1.82, 2.24) is 4.90 Å². The number of nitrogens with zero attached hydrogens (tertiary/aromatic N) is 1. The minimum absolute atomic E-state index is 0.00285. The van der Waals surface area contributed by atoms with Gasteiger partial charge in [0.25, 0.3) is 0 Å². The summed E-state index contributed by atoms with van der Waals surface area (Å²) >= 11 is 0. The Kier molecular flexibility index (Phi) is 5.32. The molecule has 2 aliphatic heterocycles. The molecule has 1 aromatic rings. The van der Waals surface area contributed by atoms with E-state index in [1.54, 1.807) is 0 Å². The first-order valence-electron chi connectivity index (χ1n) is 9.83. The molecule has 1 amide bonds. The minimum Gasteiger partial charge on any atom is -0.414 e. The Morgan fingerprint density at radius 1 is 1.15 bits per heavy atom. The SMILES string of the molecule is CC(C)(C)[Si](C)(C)O[C@H]1C[C@@H]2CCCC(=O)N2[C@H](c2ccc(F)cc2)C1. The lowest BCUT2D eigenvalue weighted by Gasteiger charge is -2.50. The quantitative estimate of drug-likeness (QED) is 0.657. The molecule has 0 saturated carbocycles. The fourth-order valence-corrected chi connectivity index (χ4v) is 5.43. The second-order valence-corrected chi connectivity index (χ2v) is 14.1. The molecule has 3 atom stereocenters. The van der Waals surface area contributed by atoms with Crippen molar-refractivity contribution in [3.8, 4) is 0 Å². The van der Waals surface area contributed by atoms with E-state index in [0.717, 1.165) is 31.2 Å². The van der Waals surface area contributed by atoms with Gasteiger partial charge in [0.2, 0.25) is 5.91 Å². The highest BCUT2D eigenvalue weighted by atomic mass is 28.4. The number of hydrogen-bond acceptors (Lipinski definition) is 2. The van der Waals surface area contributed by atoms with Crippen LogP contribution < -0.4 is 0 Å². The van der Waals surface area contributed by atoms with E-state index in [1.807, 2.05) is 12.1 Å². The second-order valence-electron chi connectivity index (χ2n) is 9.39. The number of fused-ring (bicyclic) bond motifs is 1. The highest BCUT2D eigenvalue weighted by Crippen LogP contribution is 2.44. The maximum absolute atomic E-state index is 13.4. The van der Waals surface area contributed by atoms with Crippen LogP contribution in [0, 0.1) is 5.82 Å². The van der Waals surface area contributed by atoms with Crippen molar-refractivity contribution >= 4 is 14.2 Å². The first-order chi connectivity index (χ1) is 12.1. The third-order valence-electron chi connectivity index (χ3n) is 6.49. The molecule has 0 spiro atoms. The molecule has 2 heterocycles. The van der Waals surface area contributed by atoms with Crippen LogP contribution in [0.2, 0.25) is 18.1 Å². The first-order valence-corrected chi connectivity index (χ1v) is 12.7. The topological polar surface area (TPSA) is 29.5 Å². The average Bonchev–Trinajstić information content (AvgIpc) is 2.53. The lowest BCUT2D eigenvalue weighted by atomic mass is 9.84. The van der Waals surface area contributed by atoms with Crippen LogP contribution in [-0.2, 0) is 9.22 Å². The van der Waals surface area contributed by atoms with Gasteiger partial charge in [-0.15, -0.1) is 0 Å². The number of carbonyl (C=O) groups is 1. The van der Waals surface area contributed by atoms with Crippen LogP contribution >= 0.6 is 0 Å². The third kappa shape index (κ3) is 3.89. The Bertz CT molecular complexity index is 653. The van der Waals surface area contributed by atoms with Crippen molar-refractivity contribution in [3.05, 3.63) is 35.6 Å². The van der Waals surface area contributed by atoms with E-state index >= 15 is 0 Å². The Morgan fingerprint density at radius 3 is 2.42 bits per heavy atom. The van der Waals surface area contributed by atoms with E-state index in [4.69, 9.17) is 4.43 Å². The first kappa shape index (κ1) is 19.6. The van der Waals surface area contributed by atoms with Crippen molar-refractivity contribution in [2.24, 2.45) is 0 Å². The minimum atomic E-state index is -1.87. The zero-order valence-electron chi connectivity index (χ0n) is 16.7. The molecular formula is C21H32FNO2Si. The van der Waals surface area contributed by atoms with Crippen LogP contribution in [0.5, 0.6) is 0 Å². The molecule has 0 N–H and O–H groups in total. The number of hydrogen-bond donors (Lipinski definition) is 0. The maximum atomic E-state index is 13.4. The second kappa shape index (κ2) is 7.08. The van der Waals surface area contributed by atoms with Gasteiger partial charge in [0.15, 0.2) is 8.32 Å². The van der Waals surface area contributed by atoms with Gasteiger partial charge in [-0.2, -0.15) is 0 Å². The molecule has 5 heteroatoms. The lowest BCUT2D eigenvalue weighted by Crippen LogP contribution is -2.54. The summed E-state index contributed by atoms with van der Waals surface area (Å²) in [4.78, 5) is 14.7. The normalized spacial score (nSPS) is 27.4. The molecule has 3 nitrogen and oxygen atoms in total. The van der Waals surface area contributed by atoms with Gasteiger partial charge >= 0.3 is 0 Å². The summed E-state index contributed by atoms with van der Waals surface area (Å²) < 4.78 is 20.1. The van der Waals surface area contributed by atoms with Crippen molar-refractivity contribution < 1.29 is 13.6 Å². The highest BCUT2D eigenvalue weighted by Gasteiger charge is 2.45. The van der Waals surface area contributed by atoms with E-state index in [2.05, 4.69) is 38.8 Å². The number of benzene rings is 1. The van der Waals surface area contributed by atoms with Crippen molar-refractivity contribution in [2.45, 2.75) is 89.2 Å². The summed E-state index contributed by atoms with van der Waals surface area (Å²) in [7, 11) is -1.87. The molecule has 0 aromatic heterocycles. The third-order valence-corrected chi connectivity index (χ3v) is 11.0. The fraction of sp³-hybridized carbons (Fsp3) is 0.667. The number of halogens is 1. The lowest BCUT2D eigenvalue weighted by molar-refractivity contribution is -0.144. The van der Waals surface area contributed by atoms with Crippen LogP contribution in [0.3, 0.4) is 0 Å². The molecule has 144 valence electrons. The van der Waals surface area contributed by atoms with Gasteiger partial charge in [0.1, 0.15) is 5.82 Å². The average molecular weight is 378 g/mol. The summed E-state index contributed by atoms with van der Waals surface area (Å²) in [6.07, 6.45) is 4.53. The standard InChI is InChI=1S/C21H32FNO2Si/c1-21(2,3)26(4,5)25-18-13-17-7-6-8-20(24)23(17)19(14-18)15-9-11-16(22)12-10-15/h9-12,17-19H,6-8,13-14H2,1-5H3/t17-,18-,19-/m0/s1. The van der Waals surface area contributed by atoms with Crippen molar-refractivity contribution in [1.29, 1.82) is 0 Å². The fourth-order valence-electron chi connectivity index (χ4n) is 4.05. The zero-order chi connectivity index (χ0) is 19.1.